The number of amides is 1. The predicted octanol–water partition coefficient (Wildman–Crippen LogP) is 1.04. The van der Waals surface area contributed by atoms with Crippen LogP contribution in [0.15, 0.2) is 18.2 Å². The minimum atomic E-state index is -0.419. The molecular weight excluding hydrogens is 230 g/mol. The van der Waals surface area contributed by atoms with Gasteiger partial charge in [-0.2, -0.15) is 0 Å². The molecule has 96 valence electrons. The number of benzene rings is 1. The fourth-order valence-corrected chi connectivity index (χ4v) is 2.07. The average molecular weight is 247 g/mol. The van der Waals surface area contributed by atoms with Gasteiger partial charge in [0, 0.05) is 31.2 Å². The second-order valence-electron chi connectivity index (χ2n) is 4.87. The first kappa shape index (κ1) is 11.3. The fraction of sp³-hybridized carbons (Fsp3) is 0.462. The number of rotatable bonds is 3. The Morgan fingerprint density at radius 1 is 1.44 bits per heavy atom. The minimum Gasteiger partial charge on any atom is -0.479 e. The summed E-state index contributed by atoms with van der Waals surface area (Å²) >= 11 is 0. The Labute approximate surface area is 106 Å². The van der Waals surface area contributed by atoms with Crippen LogP contribution >= 0.6 is 0 Å². The lowest BCUT2D eigenvalue weighted by atomic mass is 10.0. The van der Waals surface area contributed by atoms with E-state index in [9.17, 15) is 4.79 Å². The van der Waals surface area contributed by atoms with Gasteiger partial charge in [0.15, 0.2) is 6.10 Å². The zero-order chi connectivity index (χ0) is 12.5. The molecule has 0 aliphatic carbocycles. The Kier molecular flexibility index (Phi) is 2.83. The lowest BCUT2D eigenvalue weighted by Crippen LogP contribution is -2.45. The highest BCUT2D eigenvalue weighted by molar-refractivity contribution is 5.98. The van der Waals surface area contributed by atoms with Crippen molar-refractivity contribution in [2.24, 2.45) is 5.92 Å². The van der Waals surface area contributed by atoms with Gasteiger partial charge < -0.3 is 20.7 Å². The predicted molar refractivity (Wildman–Crippen MR) is 70.0 cm³/mol. The van der Waals surface area contributed by atoms with Crippen LogP contribution in [0, 0.1) is 5.92 Å². The summed E-state index contributed by atoms with van der Waals surface area (Å²) in [7, 11) is 0. The Morgan fingerprint density at radius 2 is 2.28 bits per heavy atom. The van der Waals surface area contributed by atoms with E-state index in [-0.39, 0.29) is 5.91 Å². The first-order chi connectivity index (χ1) is 8.72. The first-order valence-electron chi connectivity index (χ1n) is 6.28. The van der Waals surface area contributed by atoms with Crippen LogP contribution in [0.25, 0.3) is 0 Å². The summed E-state index contributed by atoms with van der Waals surface area (Å²) in [5, 5.41) is 9.47. The van der Waals surface area contributed by atoms with Crippen LogP contribution in [0.3, 0.4) is 0 Å². The fourth-order valence-electron chi connectivity index (χ4n) is 2.07. The van der Waals surface area contributed by atoms with E-state index in [1.54, 1.807) is 6.92 Å². The molecule has 1 fully saturated rings. The minimum absolute atomic E-state index is 0.0946. The Hall–Kier alpha value is -1.75. The third-order valence-corrected chi connectivity index (χ3v) is 3.37. The van der Waals surface area contributed by atoms with Crippen molar-refractivity contribution in [1.82, 2.24) is 5.32 Å². The first-order valence-corrected chi connectivity index (χ1v) is 6.28. The van der Waals surface area contributed by atoms with Gasteiger partial charge in [-0.3, -0.25) is 4.79 Å². The van der Waals surface area contributed by atoms with Gasteiger partial charge in [-0.1, -0.05) is 0 Å². The lowest BCUT2D eigenvalue weighted by molar-refractivity contribution is -0.122. The Balaban J connectivity index is 1.70. The largest absolute Gasteiger partial charge is 0.479 e. The molecule has 0 aromatic heterocycles. The van der Waals surface area contributed by atoms with E-state index in [2.05, 4.69) is 16.0 Å². The zero-order valence-corrected chi connectivity index (χ0v) is 10.3. The maximum Gasteiger partial charge on any atom is 0.265 e. The van der Waals surface area contributed by atoms with Gasteiger partial charge >= 0.3 is 0 Å². The molecule has 2 aliphatic rings. The molecule has 0 spiro atoms. The van der Waals surface area contributed by atoms with Crippen molar-refractivity contribution in [3.63, 3.8) is 0 Å². The van der Waals surface area contributed by atoms with Crippen molar-refractivity contribution in [1.29, 1.82) is 0 Å². The molecule has 1 aromatic rings. The van der Waals surface area contributed by atoms with Crippen molar-refractivity contribution in [2.75, 3.05) is 30.3 Å². The van der Waals surface area contributed by atoms with Gasteiger partial charge in [0.1, 0.15) is 5.75 Å². The third-order valence-electron chi connectivity index (χ3n) is 3.37. The normalized spacial score (nSPS) is 22.5. The van der Waals surface area contributed by atoms with Crippen LogP contribution in [0.4, 0.5) is 11.4 Å². The van der Waals surface area contributed by atoms with E-state index in [0.29, 0.717) is 5.92 Å². The molecule has 3 N–H and O–H groups in total. The third kappa shape index (κ3) is 2.13. The van der Waals surface area contributed by atoms with E-state index in [0.717, 1.165) is 36.8 Å². The number of nitrogens with one attached hydrogen (secondary N) is 3. The molecule has 1 saturated heterocycles. The van der Waals surface area contributed by atoms with Gasteiger partial charge in [0.05, 0.1) is 5.69 Å². The van der Waals surface area contributed by atoms with Gasteiger partial charge in [0.2, 0.25) is 0 Å². The molecule has 0 saturated carbocycles. The molecule has 1 unspecified atom stereocenters. The van der Waals surface area contributed by atoms with Crippen molar-refractivity contribution in [2.45, 2.75) is 13.0 Å². The van der Waals surface area contributed by atoms with Crippen LogP contribution < -0.4 is 20.7 Å². The molecule has 0 radical (unpaired) electrons. The Morgan fingerprint density at radius 3 is 3.00 bits per heavy atom. The van der Waals surface area contributed by atoms with Gasteiger partial charge in [-0.05, 0) is 25.1 Å². The standard InChI is InChI=1S/C13H17N3O2/c1-8-13(17)16-11-4-10(2-3-12(11)18-8)15-7-9-5-14-6-9/h2-4,8-9,14-15H,5-7H2,1H3,(H,16,17). The summed E-state index contributed by atoms with van der Waals surface area (Å²) in [4.78, 5) is 11.5. The molecule has 3 rings (SSSR count). The van der Waals surface area contributed by atoms with Crippen LogP contribution in [0.1, 0.15) is 6.92 Å². The molecule has 5 heteroatoms. The SMILES string of the molecule is CC1Oc2ccc(NCC3CNC3)cc2NC1=O. The van der Waals surface area contributed by atoms with E-state index in [1.807, 2.05) is 18.2 Å². The number of carbonyl (C=O) groups excluding carboxylic acids is 1. The van der Waals surface area contributed by atoms with Crippen LogP contribution in [-0.2, 0) is 4.79 Å². The van der Waals surface area contributed by atoms with Gasteiger partial charge in [-0.15, -0.1) is 0 Å². The number of carbonyl (C=O) groups is 1. The summed E-state index contributed by atoms with van der Waals surface area (Å²) in [5.74, 6) is 1.34. The molecule has 1 amide bonds. The lowest BCUT2D eigenvalue weighted by Gasteiger charge is -2.28. The molecular formula is C13H17N3O2. The van der Waals surface area contributed by atoms with E-state index < -0.39 is 6.10 Å². The molecule has 2 aliphatic heterocycles. The van der Waals surface area contributed by atoms with E-state index in [1.165, 1.54) is 0 Å². The van der Waals surface area contributed by atoms with Gasteiger partial charge in [0.25, 0.3) is 5.91 Å². The number of ether oxygens (including phenoxy) is 1. The monoisotopic (exact) mass is 247 g/mol. The van der Waals surface area contributed by atoms with Crippen LogP contribution in [-0.4, -0.2) is 31.6 Å². The number of anilines is 2. The summed E-state index contributed by atoms with van der Waals surface area (Å²) in [6.07, 6.45) is -0.419. The van der Waals surface area contributed by atoms with Crippen molar-refractivity contribution in [3.05, 3.63) is 18.2 Å². The number of hydrogen-bond donors (Lipinski definition) is 3. The van der Waals surface area contributed by atoms with E-state index in [4.69, 9.17) is 4.74 Å². The summed E-state index contributed by atoms with van der Waals surface area (Å²) < 4.78 is 5.51. The molecule has 1 aromatic carbocycles. The summed E-state index contributed by atoms with van der Waals surface area (Å²) in [6.45, 7) is 4.86. The van der Waals surface area contributed by atoms with Crippen LogP contribution in [0.5, 0.6) is 5.75 Å². The van der Waals surface area contributed by atoms with Crippen molar-refractivity contribution < 1.29 is 9.53 Å². The van der Waals surface area contributed by atoms with E-state index >= 15 is 0 Å². The Bertz CT molecular complexity index is 471. The summed E-state index contributed by atoms with van der Waals surface area (Å²) in [5.41, 5.74) is 1.76. The molecule has 18 heavy (non-hydrogen) atoms. The number of fused-ring (bicyclic) bond motifs is 1. The highest BCUT2D eigenvalue weighted by Crippen LogP contribution is 2.32. The van der Waals surface area contributed by atoms with Crippen molar-refractivity contribution in [3.8, 4) is 5.75 Å². The van der Waals surface area contributed by atoms with Crippen LogP contribution in [0.2, 0.25) is 0 Å². The summed E-state index contributed by atoms with van der Waals surface area (Å²) in [6, 6.07) is 5.80. The highest BCUT2D eigenvalue weighted by Gasteiger charge is 2.23. The zero-order valence-electron chi connectivity index (χ0n) is 10.3. The maximum atomic E-state index is 11.5. The van der Waals surface area contributed by atoms with Crippen molar-refractivity contribution >= 4 is 17.3 Å². The highest BCUT2D eigenvalue weighted by atomic mass is 16.5. The molecule has 5 nitrogen and oxygen atoms in total. The maximum absolute atomic E-state index is 11.5. The van der Waals surface area contributed by atoms with Gasteiger partial charge in [-0.25, -0.2) is 0 Å². The smallest absolute Gasteiger partial charge is 0.265 e. The quantitative estimate of drug-likeness (QED) is 0.747. The molecule has 1 atom stereocenters. The topological polar surface area (TPSA) is 62.4 Å². The molecule has 2 heterocycles. The number of hydrogen-bond acceptors (Lipinski definition) is 4. The second-order valence-corrected chi connectivity index (χ2v) is 4.87. The average Bonchev–Trinajstić information content (AvgIpc) is 2.29. The molecule has 0 bridgehead atoms. The second kappa shape index (κ2) is 4.49.